The Morgan fingerprint density at radius 2 is 1.81 bits per heavy atom. The fourth-order valence-corrected chi connectivity index (χ4v) is 5.60. The van der Waals surface area contributed by atoms with Crippen molar-refractivity contribution in [2.24, 2.45) is 17.8 Å². The number of hydrogen-bond acceptors (Lipinski definition) is 3. The molecule has 8 heteroatoms. The lowest BCUT2D eigenvalue weighted by molar-refractivity contribution is -0.154. The van der Waals surface area contributed by atoms with Gasteiger partial charge in [0.05, 0.1) is 5.56 Å². The number of pyridine rings is 1. The largest absolute Gasteiger partial charge is 0.467 e. The van der Waals surface area contributed by atoms with E-state index in [2.05, 4.69) is 15.0 Å². The van der Waals surface area contributed by atoms with Gasteiger partial charge < -0.3 is 10.1 Å². The zero-order valence-corrected chi connectivity index (χ0v) is 14.9. The molecule has 1 N–H and O–H groups in total. The van der Waals surface area contributed by atoms with Gasteiger partial charge in [-0.3, -0.25) is 4.79 Å². The van der Waals surface area contributed by atoms with Gasteiger partial charge >= 0.3 is 6.18 Å². The molecule has 0 radical (unpaired) electrons. The van der Waals surface area contributed by atoms with Crippen LogP contribution < -0.4 is 10.1 Å². The third-order valence-electron chi connectivity index (χ3n) is 5.86. The molecule has 1 amide bonds. The number of aromatic nitrogens is 1. The predicted molar refractivity (Wildman–Crippen MR) is 89.2 cm³/mol. The summed E-state index contributed by atoms with van der Waals surface area (Å²) in [7, 11) is 0. The molecule has 4 saturated carbocycles. The molecule has 0 atom stereocenters. The summed E-state index contributed by atoms with van der Waals surface area (Å²) in [6, 6.07) is 1.32. The number of ether oxygens (including phenoxy) is 1. The van der Waals surface area contributed by atoms with E-state index in [1.54, 1.807) is 0 Å². The Balaban J connectivity index is 1.44. The highest BCUT2D eigenvalue weighted by atomic mass is 35.5. The quantitative estimate of drug-likeness (QED) is 0.833. The topological polar surface area (TPSA) is 51.2 Å². The summed E-state index contributed by atoms with van der Waals surface area (Å²) >= 11 is 5.94. The van der Waals surface area contributed by atoms with Gasteiger partial charge in [0.15, 0.2) is 6.61 Å². The molecule has 4 aliphatic rings. The molecule has 1 aromatic rings. The summed E-state index contributed by atoms with van der Waals surface area (Å²) in [6.45, 7) is -1.47. The minimum Gasteiger partial charge on any atom is -0.467 e. The van der Waals surface area contributed by atoms with Crippen LogP contribution in [0.1, 0.15) is 48.9 Å². The van der Waals surface area contributed by atoms with Crippen LogP contribution in [0.3, 0.4) is 0 Å². The SMILES string of the molecule is O=C(NC12CC3CC(CC(C3)C1)C2)c1cnc(OCC(F)(F)F)c(Cl)c1. The average Bonchev–Trinajstić information content (AvgIpc) is 2.51. The van der Waals surface area contributed by atoms with Gasteiger partial charge in [0.2, 0.25) is 5.88 Å². The Hall–Kier alpha value is -1.50. The number of rotatable bonds is 4. The molecule has 0 unspecified atom stereocenters. The minimum absolute atomic E-state index is 0.104. The second-order valence-electron chi connectivity index (χ2n) is 8.07. The van der Waals surface area contributed by atoms with E-state index in [1.807, 2.05) is 0 Å². The van der Waals surface area contributed by atoms with Crippen molar-refractivity contribution in [1.29, 1.82) is 0 Å². The van der Waals surface area contributed by atoms with Gasteiger partial charge in [-0.2, -0.15) is 13.2 Å². The third-order valence-corrected chi connectivity index (χ3v) is 6.13. The van der Waals surface area contributed by atoms with Crippen molar-refractivity contribution in [2.75, 3.05) is 6.61 Å². The number of amides is 1. The van der Waals surface area contributed by atoms with E-state index in [0.29, 0.717) is 17.8 Å². The highest BCUT2D eigenvalue weighted by molar-refractivity contribution is 6.32. The lowest BCUT2D eigenvalue weighted by atomic mass is 9.53. The van der Waals surface area contributed by atoms with Gasteiger partial charge in [0.1, 0.15) is 5.02 Å². The van der Waals surface area contributed by atoms with Crippen LogP contribution in [0.4, 0.5) is 13.2 Å². The molecule has 4 fully saturated rings. The van der Waals surface area contributed by atoms with Gasteiger partial charge in [-0.15, -0.1) is 0 Å². The van der Waals surface area contributed by atoms with Crippen LogP contribution in [0.2, 0.25) is 5.02 Å². The van der Waals surface area contributed by atoms with Crippen molar-refractivity contribution in [3.05, 3.63) is 22.8 Å². The summed E-state index contributed by atoms with van der Waals surface area (Å²) in [5.41, 5.74) is 0.0918. The average molecular weight is 389 g/mol. The molecule has 4 nitrogen and oxygen atoms in total. The van der Waals surface area contributed by atoms with Gasteiger partial charge in [0.25, 0.3) is 5.91 Å². The molecule has 0 saturated heterocycles. The van der Waals surface area contributed by atoms with Crippen LogP contribution in [0, 0.1) is 17.8 Å². The Morgan fingerprint density at radius 3 is 2.31 bits per heavy atom. The smallest absolute Gasteiger partial charge is 0.422 e. The molecule has 4 aliphatic carbocycles. The Labute approximate surface area is 154 Å². The highest BCUT2D eigenvalue weighted by Crippen LogP contribution is 2.55. The van der Waals surface area contributed by atoms with Crippen LogP contribution >= 0.6 is 11.6 Å². The lowest BCUT2D eigenvalue weighted by Crippen LogP contribution is -2.59. The molecule has 0 aliphatic heterocycles. The van der Waals surface area contributed by atoms with Crippen LogP contribution in [-0.4, -0.2) is 29.2 Å². The molecule has 5 rings (SSSR count). The maximum atomic E-state index is 12.7. The molecule has 1 aromatic heterocycles. The van der Waals surface area contributed by atoms with Crippen LogP contribution in [0.25, 0.3) is 0 Å². The van der Waals surface area contributed by atoms with E-state index in [4.69, 9.17) is 11.6 Å². The number of halogens is 4. The van der Waals surface area contributed by atoms with Crippen LogP contribution in [-0.2, 0) is 0 Å². The molecular weight excluding hydrogens is 369 g/mol. The normalized spacial score (nSPS) is 32.5. The van der Waals surface area contributed by atoms with E-state index in [0.717, 1.165) is 19.3 Å². The molecular formula is C18H20ClF3N2O2. The first-order valence-electron chi connectivity index (χ1n) is 8.89. The number of carbonyl (C=O) groups excluding carboxylic acids is 1. The first kappa shape index (κ1) is 17.9. The van der Waals surface area contributed by atoms with E-state index < -0.39 is 12.8 Å². The van der Waals surface area contributed by atoms with Gasteiger partial charge in [-0.1, -0.05) is 11.6 Å². The van der Waals surface area contributed by atoms with Crippen molar-refractivity contribution in [1.82, 2.24) is 10.3 Å². The van der Waals surface area contributed by atoms with E-state index in [9.17, 15) is 18.0 Å². The predicted octanol–water partition coefficient (Wildman–Crippen LogP) is 4.37. The fourth-order valence-electron chi connectivity index (χ4n) is 5.38. The summed E-state index contributed by atoms with van der Waals surface area (Å²) in [5, 5.41) is 3.08. The number of nitrogens with zero attached hydrogens (tertiary/aromatic N) is 1. The lowest BCUT2D eigenvalue weighted by Gasteiger charge is -2.56. The molecule has 26 heavy (non-hydrogen) atoms. The zero-order chi connectivity index (χ0) is 18.5. The van der Waals surface area contributed by atoms with Crippen molar-refractivity contribution in [3.63, 3.8) is 0 Å². The standard InChI is InChI=1S/C18H20ClF3N2O2/c19-14-4-13(8-23-16(14)26-9-18(20,21)22)15(25)24-17-5-10-1-11(6-17)3-12(2-10)7-17/h4,8,10-12H,1-3,5-7,9H2,(H,24,25). The Morgan fingerprint density at radius 1 is 1.23 bits per heavy atom. The molecule has 4 bridgehead atoms. The highest BCUT2D eigenvalue weighted by Gasteiger charge is 2.51. The monoisotopic (exact) mass is 388 g/mol. The fraction of sp³-hybridized carbons (Fsp3) is 0.667. The second-order valence-corrected chi connectivity index (χ2v) is 8.47. The maximum absolute atomic E-state index is 12.7. The zero-order valence-electron chi connectivity index (χ0n) is 14.1. The van der Waals surface area contributed by atoms with Gasteiger partial charge in [0, 0.05) is 11.7 Å². The van der Waals surface area contributed by atoms with Gasteiger partial charge in [-0.25, -0.2) is 4.98 Å². The summed E-state index contributed by atoms with van der Waals surface area (Å²) in [4.78, 5) is 16.5. The minimum atomic E-state index is -4.47. The molecule has 0 aromatic carbocycles. The van der Waals surface area contributed by atoms with E-state index >= 15 is 0 Å². The molecule has 1 heterocycles. The maximum Gasteiger partial charge on any atom is 0.422 e. The van der Waals surface area contributed by atoms with Crippen molar-refractivity contribution in [3.8, 4) is 5.88 Å². The Kier molecular flexibility index (Phi) is 4.33. The van der Waals surface area contributed by atoms with Crippen LogP contribution in [0.5, 0.6) is 5.88 Å². The Bertz CT molecular complexity index is 688. The van der Waals surface area contributed by atoms with Crippen LogP contribution in [0.15, 0.2) is 12.3 Å². The van der Waals surface area contributed by atoms with Crippen molar-refractivity contribution in [2.45, 2.75) is 50.2 Å². The first-order valence-corrected chi connectivity index (χ1v) is 9.27. The summed E-state index contributed by atoms with van der Waals surface area (Å²) in [5.74, 6) is 1.49. The summed E-state index contributed by atoms with van der Waals surface area (Å²) in [6.07, 6.45) is 3.60. The third kappa shape index (κ3) is 3.63. The second kappa shape index (κ2) is 6.29. The molecule has 142 valence electrons. The van der Waals surface area contributed by atoms with Crippen molar-refractivity contribution < 1.29 is 22.7 Å². The number of nitrogens with one attached hydrogen (secondary N) is 1. The summed E-state index contributed by atoms with van der Waals surface area (Å²) < 4.78 is 41.3. The van der Waals surface area contributed by atoms with Gasteiger partial charge in [-0.05, 0) is 62.3 Å². The number of hydrogen-bond donors (Lipinski definition) is 1. The first-order chi connectivity index (χ1) is 12.2. The van der Waals surface area contributed by atoms with E-state index in [1.165, 1.54) is 31.5 Å². The van der Waals surface area contributed by atoms with Crippen molar-refractivity contribution >= 4 is 17.5 Å². The number of alkyl halides is 3. The van der Waals surface area contributed by atoms with E-state index in [-0.39, 0.29) is 27.9 Å². The molecule has 0 spiro atoms. The number of carbonyl (C=O) groups is 1.